The molecule has 1 aromatic rings. The molecule has 4 rings (SSSR count). The minimum Gasteiger partial charge on any atom is -0.374 e. The fourth-order valence-electron chi connectivity index (χ4n) is 3.58. The van der Waals surface area contributed by atoms with Crippen LogP contribution in [0.5, 0.6) is 0 Å². The molecule has 1 aromatic heterocycles. The van der Waals surface area contributed by atoms with Gasteiger partial charge in [0.15, 0.2) is 0 Å². The van der Waals surface area contributed by atoms with Gasteiger partial charge in [-0.1, -0.05) is 0 Å². The summed E-state index contributed by atoms with van der Waals surface area (Å²) in [7, 11) is 0. The summed E-state index contributed by atoms with van der Waals surface area (Å²) in [6, 6.07) is 0.526. The highest BCUT2D eigenvalue weighted by Crippen LogP contribution is 2.36. The van der Waals surface area contributed by atoms with Crippen molar-refractivity contribution in [3.05, 3.63) is 16.1 Å². The van der Waals surface area contributed by atoms with Gasteiger partial charge >= 0.3 is 0 Å². The highest BCUT2D eigenvalue weighted by Gasteiger charge is 2.43. The molecule has 3 atom stereocenters. The molecule has 21 heavy (non-hydrogen) atoms. The lowest BCUT2D eigenvalue weighted by molar-refractivity contribution is -0.0571. The molecule has 1 saturated heterocycles. The number of hydrogen-bond acceptors (Lipinski definition) is 5. The van der Waals surface area contributed by atoms with E-state index in [-0.39, 0.29) is 6.10 Å². The molecule has 0 aromatic carbocycles. The molecule has 1 aliphatic heterocycles. The van der Waals surface area contributed by atoms with Crippen molar-refractivity contribution in [3.63, 3.8) is 0 Å². The maximum absolute atomic E-state index is 6.27. The van der Waals surface area contributed by atoms with Crippen LogP contribution in [0.4, 0.5) is 0 Å². The number of fused-ring (bicyclic) bond motifs is 2. The van der Waals surface area contributed by atoms with E-state index >= 15 is 0 Å². The Morgan fingerprint density at radius 1 is 1.38 bits per heavy atom. The lowest BCUT2D eigenvalue weighted by Gasteiger charge is -2.31. The van der Waals surface area contributed by atoms with Gasteiger partial charge in [-0.05, 0) is 38.5 Å². The van der Waals surface area contributed by atoms with Gasteiger partial charge in [0.2, 0.25) is 0 Å². The summed E-state index contributed by atoms with van der Waals surface area (Å²) in [6.45, 7) is 5.90. The number of thiazole rings is 1. The number of nitrogens with zero attached hydrogens (tertiary/aromatic N) is 2. The molecule has 5 heteroatoms. The van der Waals surface area contributed by atoms with E-state index < -0.39 is 0 Å². The predicted octanol–water partition coefficient (Wildman–Crippen LogP) is 2.61. The monoisotopic (exact) mass is 308 g/mol. The fraction of sp³-hybridized carbons (Fsp3) is 0.812. The average Bonchev–Trinajstić information content (AvgIpc) is 3.11. The molecule has 0 unspecified atom stereocenters. The van der Waals surface area contributed by atoms with Crippen molar-refractivity contribution in [3.8, 4) is 0 Å². The van der Waals surface area contributed by atoms with Crippen LogP contribution in [-0.2, 0) is 16.0 Å². The molecule has 2 saturated carbocycles. The molecule has 0 N–H and O–H groups in total. The minimum absolute atomic E-state index is 0.279. The van der Waals surface area contributed by atoms with E-state index in [2.05, 4.69) is 16.8 Å². The van der Waals surface area contributed by atoms with E-state index in [1.165, 1.54) is 29.8 Å². The number of hydrogen-bond donors (Lipinski definition) is 0. The predicted molar refractivity (Wildman–Crippen MR) is 82.5 cm³/mol. The van der Waals surface area contributed by atoms with Crippen molar-refractivity contribution >= 4 is 11.3 Å². The van der Waals surface area contributed by atoms with E-state index in [1.807, 2.05) is 5.51 Å². The largest absolute Gasteiger partial charge is 0.374 e. The van der Waals surface area contributed by atoms with E-state index in [0.717, 1.165) is 38.6 Å². The van der Waals surface area contributed by atoms with Gasteiger partial charge in [-0.3, -0.25) is 4.90 Å². The Balaban J connectivity index is 1.46. The van der Waals surface area contributed by atoms with Crippen LogP contribution in [-0.4, -0.2) is 47.9 Å². The molecule has 3 fully saturated rings. The van der Waals surface area contributed by atoms with Crippen molar-refractivity contribution in [1.29, 1.82) is 0 Å². The van der Waals surface area contributed by atoms with E-state index in [4.69, 9.17) is 9.47 Å². The molecule has 3 aliphatic rings. The fourth-order valence-corrected chi connectivity index (χ4v) is 4.38. The molecule has 116 valence electrons. The normalized spacial score (nSPS) is 33.3. The summed E-state index contributed by atoms with van der Waals surface area (Å²) < 4.78 is 12.3. The van der Waals surface area contributed by atoms with E-state index in [0.29, 0.717) is 12.1 Å². The smallest absolute Gasteiger partial charge is 0.0991 e. The Bertz CT molecular complexity index is 488. The van der Waals surface area contributed by atoms with Gasteiger partial charge in [-0.25, -0.2) is 4.98 Å². The average molecular weight is 308 g/mol. The molecule has 4 nitrogen and oxygen atoms in total. The SMILES string of the molecule is Cc1ncsc1CN1CCO[C@H]2CC[C@H]1[C@@H]2OCC1CC1. The standard InChI is InChI=1S/C16H24N2O2S/c1-11-15(21-10-17-11)8-18-6-7-19-14-5-4-13(18)16(14)20-9-12-2-3-12/h10,12-14,16H,2-9H2,1H3/t13-,14-,16-/m0/s1. The van der Waals surface area contributed by atoms with Crippen LogP contribution >= 0.6 is 11.3 Å². The Kier molecular flexibility index (Phi) is 4.00. The lowest BCUT2D eigenvalue weighted by Crippen LogP contribution is -2.43. The van der Waals surface area contributed by atoms with Crippen LogP contribution in [0, 0.1) is 12.8 Å². The second-order valence-electron chi connectivity index (χ2n) is 6.63. The van der Waals surface area contributed by atoms with Crippen molar-refractivity contribution in [2.75, 3.05) is 19.8 Å². The molecule has 2 aliphatic carbocycles. The van der Waals surface area contributed by atoms with Gasteiger partial charge in [0.1, 0.15) is 0 Å². The number of aromatic nitrogens is 1. The molecule has 2 heterocycles. The van der Waals surface area contributed by atoms with Gasteiger partial charge in [-0.15, -0.1) is 11.3 Å². The first-order valence-corrected chi connectivity index (χ1v) is 9.05. The summed E-state index contributed by atoms with van der Waals surface area (Å²) in [6.07, 6.45) is 5.66. The van der Waals surface area contributed by atoms with Crippen molar-refractivity contribution in [2.24, 2.45) is 5.92 Å². The zero-order valence-electron chi connectivity index (χ0n) is 12.7. The Morgan fingerprint density at radius 3 is 3.05 bits per heavy atom. The van der Waals surface area contributed by atoms with Gasteiger partial charge in [-0.2, -0.15) is 0 Å². The third kappa shape index (κ3) is 3.02. The van der Waals surface area contributed by atoms with E-state index in [1.54, 1.807) is 11.3 Å². The van der Waals surface area contributed by atoms with Crippen molar-refractivity contribution in [2.45, 2.75) is 57.4 Å². The lowest BCUT2D eigenvalue weighted by atomic mass is 10.1. The van der Waals surface area contributed by atoms with Gasteiger partial charge in [0, 0.05) is 30.6 Å². The molecule has 0 spiro atoms. The van der Waals surface area contributed by atoms with E-state index in [9.17, 15) is 0 Å². The molecular weight excluding hydrogens is 284 g/mol. The van der Waals surface area contributed by atoms with Crippen molar-refractivity contribution < 1.29 is 9.47 Å². The summed E-state index contributed by atoms with van der Waals surface area (Å²) >= 11 is 1.77. The zero-order valence-corrected chi connectivity index (χ0v) is 13.5. The highest BCUT2D eigenvalue weighted by molar-refractivity contribution is 7.09. The Morgan fingerprint density at radius 2 is 2.29 bits per heavy atom. The summed E-state index contributed by atoms with van der Waals surface area (Å²) in [5.74, 6) is 0.824. The van der Waals surface area contributed by atoms with Crippen LogP contribution < -0.4 is 0 Å². The highest BCUT2D eigenvalue weighted by atomic mass is 32.1. The number of rotatable bonds is 5. The Labute approximate surface area is 130 Å². The first-order chi connectivity index (χ1) is 10.3. The zero-order chi connectivity index (χ0) is 14.2. The molecular formula is C16H24N2O2S. The first kappa shape index (κ1) is 14.1. The molecule has 0 amide bonds. The second-order valence-corrected chi connectivity index (χ2v) is 7.57. The third-order valence-electron chi connectivity index (χ3n) is 5.08. The molecule has 2 bridgehead atoms. The van der Waals surface area contributed by atoms with Crippen LogP contribution in [0.15, 0.2) is 5.51 Å². The number of ether oxygens (including phenoxy) is 2. The first-order valence-electron chi connectivity index (χ1n) is 8.17. The van der Waals surface area contributed by atoms with Crippen LogP contribution in [0.1, 0.15) is 36.3 Å². The van der Waals surface area contributed by atoms with Crippen LogP contribution in [0.25, 0.3) is 0 Å². The van der Waals surface area contributed by atoms with Crippen LogP contribution in [0.2, 0.25) is 0 Å². The summed E-state index contributed by atoms with van der Waals surface area (Å²) in [5.41, 5.74) is 3.13. The topological polar surface area (TPSA) is 34.6 Å². The number of aryl methyl sites for hydroxylation is 1. The van der Waals surface area contributed by atoms with Crippen molar-refractivity contribution in [1.82, 2.24) is 9.88 Å². The quantitative estimate of drug-likeness (QED) is 0.837. The Hall–Kier alpha value is -0.490. The summed E-state index contributed by atoms with van der Waals surface area (Å²) in [5, 5.41) is 0. The minimum atomic E-state index is 0.279. The van der Waals surface area contributed by atoms with Crippen LogP contribution in [0.3, 0.4) is 0 Å². The van der Waals surface area contributed by atoms with Gasteiger partial charge in [0.05, 0.1) is 30.0 Å². The molecule has 0 radical (unpaired) electrons. The van der Waals surface area contributed by atoms with Gasteiger partial charge < -0.3 is 9.47 Å². The van der Waals surface area contributed by atoms with Gasteiger partial charge in [0.25, 0.3) is 0 Å². The summed E-state index contributed by atoms with van der Waals surface area (Å²) in [4.78, 5) is 8.35. The maximum Gasteiger partial charge on any atom is 0.0991 e. The maximum atomic E-state index is 6.27. The second kappa shape index (κ2) is 5.95. The third-order valence-corrected chi connectivity index (χ3v) is 6.00.